The van der Waals surface area contributed by atoms with Gasteiger partial charge >= 0.3 is 5.97 Å². The smallest absolute Gasteiger partial charge is 0.306 e. The molecule has 0 aromatic heterocycles. The van der Waals surface area contributed by atoms with E-state index < -0.39 is 5.97 Å². The fourth-order valence-corrected chi connectivity index (χ4v) is 0.953. The van der Waals surface area contributed by atoms with Gasteiger partial charge in [0.2, 0.25) is 0 Å². The molecule has 0 aromatic rings. The molecule has 0 saturated heterocycles. The zero-order valence-electron chi connectivity index (χ0n) is 7.47. The maximum Gasteiger partial charge on any atom is 0.306 e. The Balaban J connectivity index is 0. The molecule has 3 heteroatoms. The van der Waals surface area contributed by atoms with Gasteiger partial charge in [-0.3, -0.25) is 4.79 Å². The molecule has 11 heavy (non-hydrogen) atoms. The minimum absolute atomic E-state index is 0. The zero-order valence-corrected chi connectivity index (χ0v) is 13.0. The molecule has 1 unspecified atom stereocenters. The summed E-state index contributed by atoms with van der Waals surface area (Å²) in [5, 5.41) is 8.60. The SMILES string of the molecule is CCCCC(CC)C(=O)O.[Hg]. The number of aliphatic carboxylic acids is 1. The molecule has 2 nitrogen and oxygen atoms in total. The normalized spacial score (nSPS) is 11.8. The van der Waals surface area contributed by atoms with Crippen molar-refractivity contribution in [1.29, 1.82) is 0 Å². The van der Waals surface area contributed by atoms with E-state index in [2.05, 4.69) is 6.92 Å². The average Bonchev–Trinajstić information content (AvgIpc) is 1.89. The Hall–Kier alpha value is 0.405. The molecule has 0 radical (unpaired) electrons. The Kier molecular flexibility index (Phi) is 10.8. The molecule has 0 fully saturated rings. The minimum atomic E-state index is -0.643. The van der Waals surface area contributed by atoms with Crippen LogP contribution in [0.3, 0.4) is 0 Å². The second-order valence-electron chi connectivity index (χ2n) is 2.59. The second-order valence-corrected chi connectivity index (χ2v) is 2.59. The van der Waals surface area contributed by atoms with Gasteiger partial charge in [0.1, 0.15) is 0 Å². The van der Waals surface area contributed by atoms with E-state index in [9.17, 15) is 4.79 Å². The second kappa shape index (κ2) is 8.50. The zero-order chi connectivity index (χ0) is 7.98. The molecule has 0 aliphatic heterocycles. The monoisotopic (exact) mass is 346 g/mol. The van der Waals surface area contributed by atoms with E-state index in [0.717, 1.165) is 25.7 Å². The first-order valence-electron chi connectivity index (χ1n) is 3.95. The minimum Gasteiger partial charge on any atom is -0.481 e. The molecule has 0 spiro atoms. The van der Waals surface area contributed by atoms with Crippen molar-refractivity contribution in [3.63, 3.8) is 0 Å². The van der Waals surface area contributed by atoms with Gasteiger partial charge in [0.05, 0.1) is 5.92 Å². The third-order valence-corrected chi connectivity index (χ3v) is 1.75. The van der Waals surface area contributed by atoms with E-state index >= 15 is 0 Å². The number of carbonyl (C=O) groups is 1. The third kappa shape index (κ3) is 6.79. The van der Waals surface area contributed by atoms with Gasteiger partial charge < -0.3 is 5.11 Å². The Morgan fingerprint density at radius 1 is 1.45 bits per heavy atom. The molecule has 0 bridgehead atoms. The average molecular weight is 345 g/mol. The van der Waals surface area contributed by atoms with Crippen LogP contribution >= 0.6 is 0 Å². The van der Waals surface area contributed by atoms with E-state index in [0.29, 0.717) is 0 Å². The molecule has 0 heterocycles. The summed E-state index contributed by atoms with van der Waals surface area (Å²) in [6, 6.07) is 0. The molecule has 1 N–H and O–H groups in total. The van der Waals surface area contributed by atoms with Gasteiger partial charge in [-0.05, 0) is 12.8 Å². The number of unbranched alkanes of at least 4 members (excludes halogenated alkanes) is 1. The number of rotatable bonds is 5. The molecular weight excluding hydrogens is 329 g/mol. The van der Waals surface area contributed by atoms with Crippen molar-refractivity contribution in [1.82, 2.24) is 0 Å². The summed E-state index contributed by atoms with van der Waals surface area (Å²) in [6.07, 6.45) is 3.71. The van der Waals surface area contributed by atoms with Crippen molar-refractivity contribution in [2.24, 2.45) is 5.92 Å². The van der Waals surface area contributed by atoms with Crippen LogP contribution in [0.25, 0.3) is 0 Å². The van der Waals surface area contributed by atoms with Crippen molar-refractivity contribution in [2.75, 3.05) is 0 Å². The Morgan fingerprint density at radius 2 is 2.00 bits per heavy atom. The molecule has 0 amide bonds. The van der Waals surface area contributed by atoms with Gasteiger partial charge in [0.15, 0.2) is 0 Å². The van der Waals surface area contributed by atoms with Gasteiger partial charge in [0, 0.05) is 27.7 Å². The maximum absolute atomic E-state index is 10.4. The van der Waals surface area contributed by atoms with E-state index in [4.69, 9.17) is 5.11 Å². The van der Waals surface area contributed by atoms with Crippen LogP contribution in [0.15, 0.2) is 0 Å². The first-order chi connectivity index (χ1) is 4.72. The Bertz CT molecular complexity index is 104. The molecule has 1 atom stereocenters. The largest absolute Gasteiger partial charge is 0.481 e. The number of carboxylic acids is 1. The topological polar surface area (TPSA) is 37.3 Å². The summed E-state index contributed by atoms with van der Waals surface area (Å²) in [7, 11) is 0. The van der Waals surface area contributed by atoms with Crippen LogP contribution < -0.4 is 0 Å². The molecule has 0 rings (SSSR count). The fraction of sp³-hybridized carbons (Fsp3) is 0.875. The van der Waals surface area contributed by atoms with Crippen molar-refractivity contribution in [2.45, 2.75) is 39.5 Å². The molecule has 0 aromatic carbocycles. The first kappa shape index (κ1) is 14.0. The molecule has 0 saturated carbocycles. The van der Waals surface area contributed by atoms with E-state index in [1.165, 1.54) is 0 Å². The van der Waals surface area contributed by atoms with Crippen LogP contribution in [0.4, 0.5) is 0 Å². The van der Waals surface area contributed by atoms with Gasteiger partial charge in [-0.25, -0.2) is 0 Å². The molecular formula is C8H16HgO2. The van der Waals surface area contributed by atoms with Gasteiger partial charge in [0.25, 0.3) is 0 Å². The first-order valence-corrected chi connectivity index (χ1v) is 3.95. The summed E-state index contributed by atoms with van der Waals surface area (Å²) in [5.74, 6) is -0.754. The van der Waals surface area contributed by atoms with Crippen molar-refractivity contribution in [3.05, 3.63) is 0 Å². The van der Waals surface area contributed by atoms with Gasteiger partial charge in [-0.1, -0.05) is 26.7 Å². The van der Waals surface area contributed by atoms with Crippen molar-refractivity contribution in [3.8, 4) is 0 Å². The third-order valence-electron chi connectivity index (χ3n) is 1.75. The van der Waals surface area contributed by atoms with E-state index in [-0.39, 0.29) is 33.6 Å². The fourth-order valence-electron chi connectivity index (χ4n) is 0.953. The number of hydrogen-bond acceptors (Lipinski definition) is 1. The van der Waals surface area contributed by atoms with Crippen LogP contribution in [0, 0.1) is 5.92 Å². The summed E-state index contributed by atoms with van der Waals surface area (Å²) < 4.78 is 0. The standard InChI is InChI=1S/C8H16O2.Hg/c1-3-5-6-7(4-2)8(9)10;/h7H,3-6H2,1-2H3,(H,9,10);. The van der Waals surface area contributed by atoms with Crippen LogP contribution in [0.5, 0.6) is 0 Å². The van der Waals surface area contributed by atoms with Crippen LogP contribution in [-0.2, 0) is 32.5 Å². The summed E-state index contributed by atoms with van der Waals surface area (Å²) in [6.45, 7) is 4.00. The quantitative estimate of drug-likeness (QED) is 0.777. The van der Waals surface area contributed by atoms with Gasteiger partial charge in [-0.2, -0.15) is 0 Å². The van der Waals surface area contributed by atoms with Crippen molar-refractivity contribution < 1.29 is 37.6 Å². The summed E-state index contributed by atoms with van der Waals surface area (Å²) in [4.78, 5) is 10.4. The van der Waals surface area contributed by atoms with Crippen LogP contribution in [0.1, 0.15) is 39.5 Å². The Morgan fingerprint density at radius 3 is 2.27 bits per heavy atom. The summed E-state index contributed by atoms with van der Waals surface area (Å²) in [5.41, 5.74) is 0. The summed E-state index contributed by atoms with van der Waals surface area (Å²) >= 11 is 0. The van der Waals surface area contributed by atoms with Crippen LogP contribution in [0.2, 0.25) is 0 Å². The van der Waals surface area contributed by atoms with E-state index in [1.54, 1.807) is 0 Å². The van der Waals surface area contributed by atoms with Gasteiger partial charge in [-0.15, -0.1) is 0 Å². The predicted octanol–water partition coefficient (Wildman–Crippen LogP) is 2.28. The maximum atomic E-state index is 10.4. The molecule has 0 aliphatic rings. The number of hydrogen-bond donors (Lipinski definition) is 1. The number of carboxylic acid groups (broad SMARTS) is 1. The molecule has 62 valence electrons. The molecule has 0 aliphatic carbocycles. The van der Waals surface area contributed by atoms with Crippen molar-refractivity contribution >= 4 is 5.97 Å². The Labute approximate surface area is 88.9 Å². The van der Waals surface area contributed by atoms with Crippen LogP contribution in [-0.4, -0.2) is 11.1 Å². The van der Waals surface area contributed by atoms with E-state index in [1.807, 2.05) is 6.92 Å². The predicted molar refractivity (Wildman–Crippen MR) is 40.9 cm³/mol.